The maximum Gasteiger partial charge on any atom is 0.306 e. The van der Waals surface area contributed by atoms with Crippen molar-refractivity contribution >= 4 is 28.9 Å². The Morgan fingerprint density at radius 2 is 1.96 bits per heavy atom. The number of amides is 2. The predicted molar refractivity (Wildman–Crippen MR) is 88.6 cm³/mol. The van der Waals surface area contributed by atoms with E-state index in [-0.39, 0.29) is 24.6 Å². The lowest BCUT2D eigenvalue weighted by Gasteiger charge is -2.16. The summed E-state index contributed by atoms with van der Waals surface area (Å²) in [6.45, 7) is 0.220. The lowest BCUT2D eigenvalue weighted by molar-refractivity contribution is -0.387. The lowest BCUT2D eigenvalue weighted by atomic mass is 10.1. The summed E-state index contributed by atoms with van der Waals surface area (Å²) in [5.74, 6) is -2.17. The van der Waals surface area contributed by atoms with Gasteiger partial charge in [0, 0.05) is 30.4 Å². The van der Waals surface area contributed by atoms with Gasteiger partial charge in [-0.2, -0.15) is 4.39 Å². The molecule has 25 heavy (non-hydrogen) atoms. The molecule has 1 saturated heterocycles. The number of hydrogen-bond acceptors (Lipinski definition) is 4. The summed E-state index contributed by atoms with van der Waals surface area (Å²) in [5.41, 5.74) is 0.107. The predicted octanol–water partition coefficient (Wildman–Crippen LogP) is 2.73. The highest BCUT2D eigenvalue weighted by Gasteiger charge is 2.35. The van der Waals surface area contributed by atoms with E-state index in [1.165, 1.54) is 11.0 Å². The van der Waals surface area contributed by atoms with E-state index in [4.69, 9.17) is 0 Å². The molecule has 0 aromatic heterocycles. The molecule has 1 fully saturated rings. The second kappa shape index (κ2) is 6.68. The van der Waals surface area contributed by atoms with Gasteiger partial charge >= 0.3 is 5.69 Å². The molecule has 0 unspecified atom stereocenters. The van der Waals surface area contributed by atoms with Crippen LogP contribution in [-0.2, 0) is 9.59 Å². The highest BCUT2D eigenvalue weighted by molar-refractivity contribution is 6.03. The Morgan fingerprint density at radius 1 is 1.24 bits per heavy atom. The number of halogens is 1. The molecular formula is C17H14FN3O4. The highest BCUT2D eigenvalue weighted by Crippen LogP contribution is 2.27. The van der Waals surface area contributed by atoms with Gasteiger partial charge in [0.1, 0.15) is 0 Å². The Morgan fingerprint density at radius 3 is 2.64 bits per heavy atom. The molecule has 7 nitrogen and oxygen atoms in total. The van der Waals surface area contributed by atoms with Crippen molar-refractivity contribution < 1.29 is 18.9 Å². The number of anilines is 2. The maximum atomic E-state index is 13.3. The fourth-order valence-electron chi connectivity index (χ4n) is 2.72. The van der Waals surface area contributed by atoms with Crippen LogP contribution in [0.4, 0.5) is 21.5 Å². The van der Waals surface area contributed by atoms with Gasteiger partial charge in [0.25, 0.3) is 0 Å². The first-order valence-corrected chi connectivity index (χ1v) is 7.56. The van der Waals surface area contributed by atoms with Crippen LogP contribution in [0.25, 0.3) is 0 Å². The van der Waals surface area contributed by atoms with Gasteiger partial charge in [-0.15, -0.1) is 0 Å². The Hall–Kier alpha value is -3.29. The van der Waals surface area contributed by atoms with Crippen LogP contribution in [0.2, 0.25) is 0 Å². The van der Waals surface area contributed by atoms with Crippen molar-refractivity contribution in [2.24, 2.45) is 5.92 Å². The third-order valence-corrected chi connectivity index (χ3v) is 3.97. The summed E-state index contributed by atoms with van der Waals surface area (Å²) in [5, 5.41) is 13.3. The number of nitro benzene ring substituents is 1. The Balaban J connectivity index is 1.71. The highest BCUT2D eigenvalue weighted by atomic mass is 19.1. The minimum absolute atomic E-state index is 0.0457. The molecule has 0 spiro atoms. The zero-order chi connectivity index (χ0) is 18.0. The molecule has 3 rings (SSSR count). The molecular weight excluding hydrogens is 329 g/mol. The van der Waals surface area contributed by atoms with Crippen molar-refractivity contribution in [1.29, 1.82) is 0 Å². The fraction of sp³-hybridized carbons (Fsp3) is 0.176. The van der Waals surface area contributed by atoms with Gasteiger partial charge < -0.3 is 10.2 Å². The van der Waals surface area contributed by atoms with E-state index >= 15 is 0 Å². The van der Waals surface area contributed by atoms with Crippen LogP contribution in [0.1, 0.15) is 6.42 Å². The third kappa shape index (κ3) is 3.47. The summed E-state index contributed by atoms with van der Waals surface area (Å²) < 4.78 is 13.3. The van der Waals surface area contributed by atoms with Crippen LogP contribution in [0, 0.1) is 21.8 Å². The van der Waals surface area contributed by atoms with E-state index in [0.29, 0.717) is 5.69 Å². The number of para-hydroxylation sites is 1. The fourth-order valence-corrected chi connectivity index (χ4v) is 2.72. The number of hydrogen-bond donors (Lipinski definition) is 1. The van der Waals surface area contributed by atoms with Crippen molar-refractivity contribution in [2.45, 2.75) is 6.42 Å². The first-order valence-electron chi connectivity index (χ1n) is 7.56. The molecule has 1 aliphatic rings. The molecule has 0 aliphatic carbocycles. The first kappa shape index (κ1) is 16.6. The molecule has 2 amide bonds. The van der Waals surface area contributed by atoms with Gasteiger partial charge in [-0.05, 0) is 24.3 Å². The van der Waals surface area contributed by atoms with Gasteiger partial charge in [-0.3, -0.25) is 19.7 Å². The van der Waals surface area contributed by atoms with Crippen LogP contribution >= 0.6 is 0 Å². The summed E-state index contributed by atoms with van der Waals surface area (Å²) >= 11 is 0. The number of nitrogens with zero attached hydrogens (tertiary/aromatic N) is 2. The standard InChI is InChI=1S/C17H14FN3O4/c18-14-7-6-12(9-15(14)21(24)25)19-17(23)11-8-16(22)20(10-11)13-4-2-1-3-5-13/h1-7,9,11H,8,10H2,(H,19,23)/t11-/m1/s1. The van der Waals surface area contributed by atoms with E-state index in [1.807, 2.05) is 6.07 Å². The van der Waals surface area contributed by atoms with E-state index in [9.17, 15) is 24.1 Å². The SMILES string of the molecule is O=C(Nc1ccc(F)c([N+](=O)[O-])c1)[C@@H]1CC(=O)N(c2ccccc2)C1. The molecule has 1 N–H and O–H groups in total. The second-order valence-electron chi connectivity index (χ2n) is 5.65. The average Bonchev–Trinajstić information content (AvgIpc) is 2.99. The van der Waals surface area contributed by atoms with Crippen molar-refractivity contribution in [2.75, 3.05) is 16.8 Å². The number of benzene rings is 2. The van der Waals surface area contributed by atoms with Crippen molar-refractivity contribution in [3.63, 3.8) is 0 Å². The first-order chi connectivity index (χ1) is 12.0. The monoisotopic (exact) mass is 343 g/mol. The maximum absolute atomic E-state index is 13.3. The van der Waals surface area contributed by atoms with Crippen molar-refractivity contribution in [1.82, 2.24) is 0 Å². The van der Waals surface area contributed by atoms with Gasteiger partial charge in [0.05, 0.1) is 10.8 Å². The Bertz CT molecular complexity index is 841. The molecule has 0 bridgehead atoms. The van der Waals surface area contributed by atoms with Gasteiger partial charge in [0.15, 0.2) is 0 Å². The van der Waals surface area contributed by atoms with Crippen LogP contribution in [0.3, 0.4) is 0 Å². The average molecular weight is 343 g/mol. The zero-order valence-corrected chi connectivity index (χ0v) is 13.0. The number of nitro groups is 1. The summed E-state index contributed by atoms with van der Waals surface area (Å²) in [6, 6.07) is 12.1. The topological polar surface area (TPSA) is 92.5 Å². The van der Waals surface area contributed by atoms with Crippen LogP contribution in [0.5, 0.6) is 0 Å². The minimum Gasteiger partial charge on any atom is -0.326 e. The van der Waals surface area contributed by atoms with Crippen molar-refractivity contribution in [3.05, 3.63) is 64.5 Å². The number of carbonyl (C=O) groups excluding carboxylic acids is 2. The van der Waals surface area contributed by atoms with Crippen molar-refractivity contribution in [3.8, 4) is 0 Å². The molecule has 1 heterocycles. The molecule has 1 aliphatic heterocycles. The van der Waals surface area contributed by atoms with E-state index in [0.717, 1.165) is 12.1 Å². The van der Waals surface area contributed by atoms with Gasteiger partial charge in [-0.25, -0.2) is 0 Å². The summed E-state index contributed by atoms with van der Waals surface area (Å²) in [6.07, 6.45) is 0.0457. The van der Waals surface area contributed by atoms with Gasteiger partial charge in [0.2, 0.25) is 17.6 Å². The normalized spacial score (nSPS) is 16.8. The van der Waals surface area contributed by atoms with E-state index < -0.39 is 28.3 Å². The van der Waals surface area contributed by atoms with Crippen LogP contribution < -0.4 is 10.2 Å². The number of rotatable bonds is 4. The second-order valence-corrected chi connectivity index (χ2v) is 5.65. The molecule has 2 aromatic carbocycles. The minimum atomic E-state index is -0.978. The third-order valence-electron chi connectivity index (χ3n) is 3.97. The van der Waals surface area contributed by atoms with E-state index in [1.54, 1.807) is 24.3 Å². The van der Waals surface area contributed by atoms with Crippen LogP contribution in [0.15, 0.2) is 48.5 Å². The number of carbonyl (C=O) groups is 2. The molecule has 2 aromatic rings. The number of nitrogens with one attached hydrogen (secondary N) is 1. The summed E-state index contributed by atoms with van der Waals surface area (Å²) in [7, 11) is 0. The Labute approximate surface area is 142 Å². The molecule has 8 heteroatoms. The zero-order valence-electron chi connectivity index (χ0n) is 13.0. The van der Waals surface area contributed by atoms with E-state index in [2.05, 4.69) is 5.32 Å². The molecule has 0 saturated carbocycles. The summed E-state index contributed by atoms with van der Waals surface area (Å²) in [4.78, 5) is 35.9. The van der Waals surface area contributed by atoms with Crippen LogP contribution in [-0.4, -0.2) is 23.3 Å². The molecule has 0 radical (unpaired) electrons. The lowest BCUT2D eigenvalue weighted by Crippen LogP contribution is -2.28. The smallest absolute Gasteiger partial charge is 0.306 e. The molecule has 1 atom stereocenters. The van der Waals surface area contributed by atoms with Gasteiger partial charge in [-0.1, -0.05) is 18.2 Å². The Kier molecular flexibility index (Phi) is 4.42. The quantitative estimate of drug-likeness (QED) is 0.682. The largest absolute Gasteiger partial charge is 0.326 e. The molecule has 128 valence electrons.